The fourth-order valence-electron chi connectivity index (χ4n) is 1.43. The van der Waals surface area contributed by atoms with Crippen molar-refractivity contribution >= 4 is 39.2 Å². The lowest BCUT2D eigenvalue weighted by Gasteiger charge is -1.96. The summed E-state index contributed by atoms with van der Waals surface area (Å²) in [5, 5.41) is 23.2. The third-order valence-electron chi connectivity index (χ3n) is 2.33. The Morgan fingerprint density at radius 3 is 2.84 bits per heavy atom. The number of nitrogens with zero attached hydrogens (tertiary/aromatic N) is 4. The Morgan fingerprint density at radius 2 is 2.37 bits per heavy atom. The maximum absolute atomic E-state index is 10.9. The summed E-state index contributed by atoms with van der Waals surface area (Å²) in [5.41, 5.74) is 0.739. The molecule has 0 aliphatic heterocycles. The van der Waals surface area contributed by atoms with Gasteiger partial charge in [0, 0.05) is 25.9 Å². The average Bonchev–Trinajstić information content (AvgIpc) is 2.85. The zero-order valence-corrected chi connectivity index (χ0v) is 11.9. The van der Waals surface area contributed by atoms with Crippen molar-refractivity contribution in [2.24, 2.45) is 0 Å². The molecule has 0 aliphatic rings. The molecule has 0 saturated carbocycles. The first-order chi connectivity index (χ1) is 8.88. The van der Waals surface area contributed by atoms with Crippen LogP contribution in [0.3, 0.4) is 0 Å². The lowest BCUT2D eigenvalue weighted by molar-refractivity contribution is -0.394. The van der Waals surface area contributed by atoms with Gasteiger partial charge in [0.2, 0.25) is 0 Å². The van der Waals surface area contributed by atoms with E-state index in [9.17, 15) is 14.9 Å². The predicted octanol–water partition coefficient (Wildman–Crippen LogP) is 2.07. The van der Waals surface area contributed by atoms with Crippen molar-refractivity contribution in [3.8, 4) is 0 Å². The second kappa shape index (κ2) is 5.05. The molecule has 100 valence electrons. The number of carboxylic acids is 1. The molecule has 2 heterocycles. The molecule has 1 N–H and O–H groups in total. The van der Waals surface area contributed by atoms with Gasteiger partial charge in [-0.2, -0.15) is 4.68 Å². The first-order valence-electron chi connectivity index (χ1n) is 4.96. The zero-order valence-electron chi connectivity index (χ0n) is 9.53. The van der Waals surface area contributed by atoms with E-state index in [2.05, 4.69) is 26.0 Å². The molecule has 2 aromatic rings. The summed E-state index contributed by atoms with van der Waals surface area (Å²) in [7, 11) is 0. The number of carbonyl (C=O) groups is 1. The van der Waals surface area contributed by atoms with E-state index in [0.29, 0.717) is 0 Å². The van der Waals surface area contributed by atoms with Crippen molar-refractivity contribution in [3.05, 3.63) is 36.2 Å². The Balaban J connectivity index is 2.30. The molecule has 0 aromatic carbocycles. The van der Waals surface area contributed by atoms with Gasteiger partial charge in [-0.1, -0.05) is 0 Å². The molecular formula is C9H7BrN4O4S. The molecule has 0 fully saturated rings. The molecule has 0 radical (unpaired) electrons. The molecule has 8 nitrogen and oxygen atoms in total. The number of hydrogen-bond donors (Lipinski definition) is 1. The van der Waals surface area contributed by atoms with Crippen molar-refractivity contribution in [2.75, 3.05) is 0 Å². The normalized spacial score (nSPS) is 10.6. The largest absolute Gasteiger partial charge is 0.492 e. The van der Waals surface area contributed by atoms with Crippen LogP contribution in [-0.2, 0) is 6.54 Å². The van der Waals surface area contributed by atoms with Gasteiger partial charge in [-0.15, -0.1) is 11.3 Å². The number of aromatic nitrogens is 3. The van der Waals surface area contributed by atoms with Gasteiger partial charge in [0.05, 0.1) is 6.54 Å². The lowest BCUT2D eigenvalue weighted by Crippen LogP contribution is -2.03. The Labute approximate surface area is 119 Å². The fourth-order valence-corrected chi connectivity index (χ4v) is 2.67. The molecule has 0 aliphatic carbocycles. The van der Waals surface area contributed by atoms with Crippen LogP contribution in [-0.4, -0.2) is 30.8 Å². The quantitative estimate of drug-likeness (QED) is 0.669. The van der Waals surface area contributed by atoms with Gasteiger partial charge in [0.25, 0.3) is 4.73 Å². The molecule has 0 saturated heterocycles. The first-order valence-corrected chi connectivity index (χ1v) is 6.56. The number of carboxylic acid groups (broad SMARTS) is 1. The fraction of sp³-hybridized carbons (Fsp3) is 0.222. The standard InChI is InChI=1S/C9H7BrN4O4S/c1-4-5(2-6(19-4)7(15)16)3-13-8(10)11-9(12-13)14(17)18/h2H,3H2,1H3,(H,15,16). The first kappa shape index (κ1) is 13.6. The van der Waals surface area contributed by atoms with E-state index < -0.39 is 16.8 Å². The monoisotopic (exact) mass is 346 g/mol. The molecule has 10 heteroatoms. The van der Waals surface area contributed by atoms with Crippen molar-refractivity contribution in [1.82, 2.24) is 14.8 Å². The number of hydrogen-bond acceptors (Lipinski definition) is 6. The minimum atomic E-state index is -0.997. The predicted molar refractivity (Wildman–Crippen MR) is 69.5 cm³/mol. The van der Waals surface area contributed by atoms with Crippen LogP contribution in [0.15, 0.2) is 10.8 Å². The van der Waals surface area contributed by atoms with Crippen LogP contribution >= 0.6 is 27.3 Å². The van der Waals surface area contributed by atoms with Crippen LogP contribution in [0.2, 0.25) is 0 Å². The minimum Gasteiger partial charge on any atom is -0.477 e. The molecule has 0 atom stereocenters. The molecule has 0 spiro atoms. The minimum absolute atomic E-state index is 0.219. The van der Waals surface area contributed by atoms with Crippen LogP contribution in [0.5, 0.6) is 0 Å². The second-order valence-corrected chi connectivity index (χ2v) is 5.56. The lowest BCUT2D eigenvalue weighted by atomic mass is 10.2. The van der Waals surface area contributed by atoms with E-state index in [1.54, 1.807) is 6.92 Å². The summed E-state index contributed by atoms with van der Waals surface area (Å²) in [4.78, 5) is 25.4. The third-order valence-corrected chi connectivity index (χ3v) is 4.00. The van der Waals surface area contributed by atoms with Crippen LogP contribution in [0.4, 0.5) is 5.95 Å². The highest BCUT2D eigenvalue weighted by Gasteiger charge is 2.21. The number of rotatable bonds is 4. The maximum Gasteiger partial charge on any atom is 0.492 e. The van der Waals surface area contributed by atoms with E-state index in [1.165, 1.54) is 10.7 Å². The molecular weight excluding hydrogens is 340 g/mol. The SMILES string of the molecule is Cc1sc(C(=O)O)cc1Cn1nc([N+](=O)[O-])nc1Br. The Morgan fingerprint density at radius 1 is 1.68 bits per heavy atom. The van der Waals surface area contributed by atoms with Crippen LogP contribution < -0.4 is 0 Å². The Hall–Kier alpha value is -1.81. The van der Waals surface area contributed by atoms with Crippen LogP contribution in [0, 0.1) is 17.0 Å². The van der Waals surface area contributed by atoms with Crippen molar-refractivity contribution < 1.29 is 14.8 Å². The number of aryl methyl sites for hydroxylation is 1. The summed E-state index contributed by atoms with van der Waals surface area (Å²) in [5.74, 6) is -1.50. The smallest absolute Gasteiger partial charge is 0.477 e. The Kier molecular flexibility index (Phi) is 3.62. The van der Waals surface area contributed by atoms with E-state index in [4.69, 9.17) is 5.11 Å². The molecule has 0 unspecified atom stereocenters. The average molecular weight is 347 g/mol. The van der Waals surface area contributed by atoms with Gasteiger partial charge in [-0.3, -0.25) is 0 Å². The zero-order chi connectivity index (χ0) is 14.2. The highest BCUT2D eigenvalue weighted by atomic mass is 79.9. The second-order valence-electron chi connectivity index (χ2n) is 3.59. The van der Waals surface area contributed by atoms with Crippen molar-refractivity contribution in [3.63, 3.8) is 0 Å². The molecule has 0 bridgehead atoms. The maximum atomic E-state index is 10.9. The van der Waals surface area contributed by atoms with E-state index in [0.717, 1.165) is 21.8 Å². The van der Waals surface area contributed by atoms with Gasteiger partial charge >= 0.3 is 11.9 Å². The summed E-state index contributed by atoms with van der Waals surface area (Å²) < 4.78 is 1.53. The summed E-state index contributed by atoms with van der Waals surface area (Å²) >= 11 is 4.23. The van der Waals surface area contributed by atoms with Crippen LogP contribution in [0.1, 0.15) is 20.1 Å². The van der Waals surface area contributed by atoms with Crippen molar-refractivity contribution in [1.29, 1.82) is 0 Å². The number of halogens is 1. The topological polar surface area (TPSA) is 111 Å². The van der Waals surface area contributed by atoms with Gasteiger partial charge in [0.15, 0.2) is 0 Å². The van der Waals surface area contributed by atoms with E-state index in [-0.39, 0.29) is 16.2 Å². The molecule has 0 amide bonds. The Bertz CT molecular complexity index is 609. The third kappa shape index (κ3) is 2.79. The highest BCUT2D eigenvalue weighted by molar-refractivity contribution is 9.10. The number of nitro groups is 1. The summed E-state index contributed by atoms with van der Waals surface area (Å²) in [6.07, 6.45) is 0. The van der Waals surface area contributed by atoms with Gasteiger partial charge < -0.3 is 15.2 Å². The van der Waals surface area contributed by atoms with Gasteiger partial charge in [-0.05, 0) is 28.5 Å². The number of aromatic carboxylic acids is 1. The summed E-state index contributed by atoms with van der Waals surface area (Å²) in [6, 6.07) is 1.53. The number of thiophene rings is 1. The van der Waals surface area contributed by atoms with E-state index >= 15 is 0 Å². The highest BCUT2D eigenvalue weighted by Crippen LogP contribution is 2.23. The van der Waals surface area contributed by atoms with E-state index in [1.807, 2.05) is 0 Å². The van der Waals surface area contributed by atoms with Gasteiger partial charge in [0.1, 0.15) is 4.88 Å². The molecule has 2 rings (SSSR count). The summed E-state index contributed by atoms with van der Waals surface area (Å²) in [6.45, 7) is 2.00. The molecule has 2 aromatic heterocycles. The molecule has 19 heavy (non-hydrogen) atoms. The van der Waals surface area contributed by atoms with Crippen LogP contribution in [0.25, 0.3) is 0 Å². The van der Waals surface area contributed by atoms with Crippen molar-refractivity contribution in [2.45, 2.75) is 13.5 Å². The van der Waals surface area contributed by atoms with Gasteiger partial charge in [-0.25, -0.2) is 4.79 Å².